The molecule has 0 aliphatic heterocycles. The summed E-state index contributed by atoms with van der Waals surface area (Å²) in [6.07, 6.45) is 2.15. The second-order valence-corrected chi connectivity index (χ2v) is 5.44. The second-order valence-electron chi connectivity index (χ2n) is 5.44. The number of hydrogen-bond donors (Lipinski definition) is 2. The number of rotatable bonds is 6. The second kappa shape index (κ2) is 6.00. The molecule has 0 aromatic heterocycles. The maximum Gasteiger partial charge on any atom is 0.275 e. The maximum absolute atomic E-state index is 11.8. The van der Waals surface area contributed by atoms with Crippen LogP contribution in [0, 0.1) is 10.1 Å². The van der Waals surface area contributed by atoms with Crippen molar-refractivity contribution in [2.75, 3.05) is 13.6 Å². The van der Waals surface area contributed by atoms with Gasteiger partial charge < -0.3 is 10.2 Å². The van der Waals surface area contributed by atoms with Crippen LogP contribution in [0.15, 0.2) is 24.3 Å². The molecule has 0 saturated heterocycles. The highest BCUT2D eigenvalue weighted by molar-refractivity contribution is 5.77. The monoisotopic (exact) mass is 278 g/mol. The van der Waals surface area contributed by atoms with Crippen molar-refractivity contribution >= 4 is 11.6 Å². The number of nitro groups is 1. The fourth-order valence-electron chi connectivity index (χ4n) is 2.10. The number of quaternary nitrogens is 1. The quantitative estimate of drug-likeness (QED) is 0.586. The lowest BCUT2D eigenvalue weighted by Gasteiger charge is -2.21. The van der Waals surface area contributed by atoms with Crippen molar-refractivity contribution in [1.82, 2.24) is 5.32 Å². The SMILES string of the molecule is C[C@@H](c1cccc([N+](=O)[O-])c1)[NH+](C)CC(=O)NC1CC1. The zero-order chi connectivity index (χ0) is 14.7. The van der Waals surface area contributed by atoms with Crippen molar-refractivity contribution in [2.24, 2.45) is 0 Å². The smallest absolute Gasteiger partial charge is 0.275 e. The molecule has 6 nitrogen and oxygen atoms in total. The van der Waals surface area contributed by atoms with Gasteiger partial charge in [-0.15, -0.1) is 0 Å². The van der Waals surface area contributed by atoms with Gasteiger partial charge in [-0.05, 0) is 19.8 Å². The van der Waals surface area contributed by atoms with Gasteiger partial charge in [-0.1, -0.05) is 12.1 Å². The van der Waals surface area contributed by atoms with Crippen molar-refractivity contribution in [1.29, 1.82) is 0 Å². The van der Waals surface area contributed by atoms with Crippen molar-refractivity contribution in [3.05, 3.63) is 39.9 Å². The van der Waals surface area contributed by atoms with Crippen molar-refractivity contribution in [3.8, 4) is 0 Å². The Balaban J connectivity index is 1.97. The molecule has 1 aromatic rings. The van der Waals surface area contributed by atoms with Gasteiger partial charge in [0.2, 0.25) is 0 Å². The molecule has 2 atom stereocenters. The topological polar surface area (TPSA) is 76.7 Å². The molecule has 0 heterocycles. The molecule has 1 aromatic carbocycles. The van der Waals surface area contributed by atoms with E-state index >= 15 is 0 Å². The van der Waals surface area contributed by atoms with Crippen molar-refractivity contribution in [2.45, 2.75) is 31.8 Å². The van der Waals surface area contributed by atoms with Gasteiger partial charge in [-0.25, -0.2) is 0 Å². The molecule has 1 amide bonds. The van der Waals surface area contributed by atoms with Crippen LogP contribution < -0.4 is 10.2 Å². The maximum atomic E-state index is 11.8. The van der Waals surface area contributed by atoms with E-state index in [1.54, 1.807) is 12.1 Å². The predicted molar refractivity (Wildman–Crippen MR) is 74.4 cm³/mol. The van der Waals surface area contributed by atoms with E-state index in [0.29, 0.717) is 12.6 Å². The number of nitrogens with zero attached hydrogens (tertiary/aromatic N) is 1. The molecule has 20 heavy (non-hydrogen) atoms. The molecule has 2 rings (SSSR count). The van der Waals surface area contributed by atoms with Gasteiger partial charge in [-0.2, -0.15) is 0 Å². The van der Waals surface area contributed by atoms with Crippen LogP contribution in [0.2, 0.25) is 0 Å². The molecular formula is C14H20N3O3+. The summed E-state index contributed by atoms with van der Waals surface area (Å²) in [5.74, 6) is 0.0438. The van der Waals surface area contributed by atoms with Crippen LogP contribution >= 0.6 is 0 Å². The Kier molecular flexibility index (Phi) is 4.34. The van der Waals surface area contributed by atoms with Gasteiger partial charge in [0.1, 0.15) is 6.04 Å². The number of carbonyl (C=O) groups excluding carboxylic acids is 1. The summed E-state index contributed by atoms with van der Waals surface area (Å²) in [6, 6.07) is 6.99. The Bertz CT molecular complexity index is 514. The van der Waals surface area contributed by atoms with E-state index in [4.69, 9.17) is 0 Å². The summed E-state index contributed by atoms with van der Waals surface area (Å²) in [5, 5.41) is 13.7. The summed E-state index contributed by atoms with van der Waals surface area (Å²) >= 11 is 0. The van der Waals surface area contributed by atoms with E-state index in [0.717, 1.165) is 23.3 Å². The van der Waals surface area contributed by atoms with Crippen LogP contribution in [0.25, 0.3) is 0 Å². The fraction of sp³-hybridized carbons (Fsp3) is 0.500. The minimum absolute atomic E-state index is 0.0276. The molecule has 1 saturated carbocycles. The lowest BCUT2D eigenvalue weighted by Crippen LogP contribution is -3.10. The molecule has 0 bridgehead atoms. The molecule has 0 radical (unpaired) electrons. The Morgan fingerprint density at radius 2 is 2.25 bits per heavy atom. The minimum Gasteiger partial charge on any atom is -0.348 e. The third-order valence-corrected chi connectivity index (χ3v) is 3.70. The number of non-ortho nitro benzene ring substituents is 1. The van der Waals surface area contributed by atoms with Gasteiger partial charge in [0.25, 0.3) is 11.6 Å². The van der Waals surface area contributed by atoms with Crippen LogP contribution in [0.5, 0.6) is 0 Å². The Morgan fingerprint density at radius 3 is 2.85 bits per heavy atom. The fourth-order valence-corrected chi connectivity index (χ4v) is 2.10. The molecular weight excluding hydrogens is 258 g/mol. The Labute approximate surface area is 117 Å². The number of carbonyl (C=O) groups is 1. The van der Waals surface area contributed by atoms with E-state index < -0.39 is 4.92 Å². The van der Waals surface area contributed by atoms with Gasteiger partial charge in [-0.3, -0.25) is 14.9 Å². The molecule has 6 heteroatoms. The first kappa shape index (κ1) is 14.5. The van der Waals surface area contributed by atoms with Crippen molar-refractivity contribution < 1.29 is 14.6 Å². The first-order valence-electron chi connectivity index (χ1n) is 6.83. The van der Waals surface area contributed by atoms with E-state index in [2.05, 4.69) is 5.32 Å². The van der Waals surface area contributed by atoms with Gasteiger partial charge >= 0.3 is 0 Å². The van der Waals surface area contributed by atoms with Crippen molar-refractivity contribution in [3.63, 3.8) is 0 Å². The number of nitro benzene ring substituents is 1. The Hall–Kier alpha value is -1.95. The lowest BCUT2D eigenvalue weighted by molar-refractivity contribution is -0.902. The summed E-state index contributed by atoms with van der Waals surface area (Å²) in [5.41, 5.74) is 0.959. The van der Waals surface area contributed by atoms with Crippen LogP contribution in [0.3, 0.4) is 0 Å². The number of nitrogens with one attached hydrogen (secondary N) is 2. The zero-order valence-electron chi connectivity index (χ0n) is 11.8. The van der Waals surface area contributed by atoms with E-state index in [1.807, 2.05) is 20.0 Å². The first-order valence-corrected chi connectivity index (χ1v) is 6.83. The highest BCUT2D eigenvalue weighted by Crippen LogP contribution is 2.18. The van der Waals surface area contributed by atoms with Gasteiger partial charge in [0, 0.05) is 23.7 Å². The number of benzene rings is 1. The molecule has 1 fully saturated rings. The summed E-state index contributed by atoms with van der Waals surface area (Å²) in [4.78, 5) is 23.2. The lowest BCUT2D eigenvalue weighted by atomic mass is 10.1. The van der Waals surface area contributed by atoms with E-state index in [9.17, 15) is 14.9 Å². The minimum atomic E-state index is -0.397. The highest BCUT2D eigenvalue weighted by Gasteiger charge is 2.26. The molecule has 108 valence electrons. The largest absolute Gasteiger partial charge is 0.348 e. The first-order chi connectivity index (χ1) is 9.47. The average molecular weight is 278 g/mol. The van der Waals surface area contributed by atoms with E-state index in [1.165, 1.54) is 6.07 Å². The molecule has 1 unspecified atom stereocenters. The summed E-state index contributed by atoms with van der Waals surface area (Å²) < 4.78 is 0. The van der Waals surface area contributed by atoms with Crippen LogP contribution in [-0.2, 0) is 4.79 Å². The van der Waals surface area contributed by atoms with Gasteiger partial charge in [0.05, 0.1) is 12.0 Å². The van der Waals surface area contributed by atoms with E-state index in [-0.39, 0.29) is 17.6 Å². The third-order valence-electron chi connectivity index (χ3n) is 3.70. The summed E-state index contributed by atoms with van der Waals surface area (Å²) in [7, 11) is 1.93. The molecule has 1 aliphatic carbocycles. The molecule has 0 spiro atoms. The number of hydrogen-bond acceptors (Lipinski definition) is 3. The third kappa shape index (κ3) is 3.77. The summed E-state index contributed by atoms with van der Waals surface area (Å²) in [6.45, 7) is 2.35. The van der Waals surface area contributed by atoms with Crippen LogP contribution in [0.4, 0.5) is 5.69 Å². The average Bonchev–Trinajstić information content (AvgIpc) is 3.21. The number of likely N-dealkylation sites (N-methyl/N-ethyl adjacent to an activating group) is 1. The molecule has 2 N–H and O–H groups in total. The molecule has 1 aliphatic rings. The zero-order valence-corrected chi connectivity index (χ0v) is 11.8. The predicted octanol–water partition coefficient (Wildman–Crippen LogP) is 0.449. The number of amides is 1. The van der Waals surface area contributed by atoms with Gasteiger partial charge in [0.15, 0.2) is 6.54 Å². The van der Waals surface area contributed by atoms with Crippen LogP contribution in [0.1, 0.15) is 31.4 Å². The normalized spacial score (nSPS) is 17.3. The standard InChI is InChI=1S/C14H19N3O3/c1-10(11-4-3-5-13(8-11)17(19)20)16(2)9-14(18)15-12-6-7-12/h3-5,8,10,12H,6-7,9H2,1-2H3,(H,15,18)/p+1/t10-/m0/s1. The Morgan fingerprint density at radius 1 is 1.55 bits per heavy atom. The highest BCUT2D eigenvalue weighted by atomic mass is 16.6. The van der Waals surface area contributed by atoms with Crippen LogP contribution in [-0.4, -0.2) is 30.5 Å².